The predicted molar refractivity (Wildman–Crippen MR) is 131 cm³/mol. The minimum atomic E-state index is -0.459. The first-order valence-corrected chi connectivity index (χ1v) is 10.6. The molecule has 0 unspecified atom stereocenters. The van der Waals surface area contributed by atoms with Crippen molar-refractivity contribution >= 4 is 41.3 Å². The fraction of sp³-hybridized carbons (Fsp3) is 0.250. The van der Waals surface area contributed by atoms with Gasteiger partial charge in [0.1, 0.15) is 11.5 Å². The highest BCUT2D eigenvalue weighted by Gasteiger charge is 2.26. The lowest BCUT2D eigenvalue weighted by atomic mass is 10.1. The van der Waals surface area contributed by atoms with E-state index >= 15 is 0 Å². The SMILES string of the molecule is CCCC(=NO)C(=O)Nc1ccc(C(=O)N2CCc3[nH]c(C)nc3-c3ccccc32)cc1.Cl. The number of oxime groups is 1. The lowest BCUT2D eigenvalue weighted by molar-refractivity contribution is -0.110. The molecule has 9 heteroatoms. The van der Waals surface area contributed by atoms with E-state index in [1.54, 1.807) is 29.2 Å². The molecule has 8 nitrogen and oxygen atoms in total. The van der Waals surface area contributed by atoms with Crippen molar-refractivity contribution in [1.29, 1.82) is 0 Å². The molecule has 0 saturated heterocycles. The van der Waals surface area contributed by atoms with Gasteiger partial charge in [-0.15, -0.1) is 12.4 Å². The first-order valence-electron chi connectivity index (χ1n) is 10.6. The monoisotopic (exact) mass is 467 g/mol. The summed E-state index contributed by atoms with van der Waals surface area (Å²) in [5, 5.41) is 14.8. The first kappa shape index (κ1) is 24.0. The van der Waals surface area contributed by atoms with Crippen LogP contribution in [0.25, 0.3) is 11.3 Å². The smallest absolute Gasteiger partial charge is 0.273 e. The first-order chi connectivity index (χ1) is 15.5. The Hall–Kier alpha value is -3.65. The van der Waals surface area contributed by atoms with Gasteiger partial charge in [0.05, 0.1) is 11.4 Å². The molecular weight excluding hydrogens is 442 g/mol. The van der Waals surface area contributed by atoms with Gasteiger partial charge in [0, 0.05) is 35.5 Å². The van der Waals surface area contributed by atoms with E-state index in [1.165, 1.54) is 0 Å². The molecule has 3 N–H and O–H groups in total. The summed E-state index contributed by atoms with van der Waals surface area (Å²) in [7, 11) is 0. The summed E-state index contributed by atoms with van der Waals surface area (Å²) in [6, 6.07) is 14.5. The minimum Gasteiger partial charge on any atom is -0.410 e. The fourth-order valence-electron chi connectivity index (χ4n) is 3.91. The molecule has 0 fully saturated rings. The zero-order chi connectivity index (χ0) is 22.7. The van der Waals surface area contributed by atoms with Gasteiger partial charge in [0.2, 0.25) is 0 Å². The molecule has 2 aromatic carbocycles. The number of nitrogens with one attached hydrogen (secondary N) is 2. The van der Waals surface area contributed by atoms with Crippen LogP contribution >= 0.6 is 12.4 Å². The second-order valence-electron chi connectivity index (χ2n) is 7.70. The van der Waals surface area contributed by atoms with Crippen LogP contribution in [0.1, 0.15) is 41.6 Å². The number of aromatic amines is 1. The molecule has 4 rings (SSSR count). The fourth-order valence-corrected chi connectivity index (χ4v) is 3.91. The van der Waals surface area contributed by atoms with Crippen LogP contribution in [0.2, 0.25) is 0 Å². The molecule has 3 aromatic rings. The Bertz CT molecular complexity index is 1190. The van der Waals surface area contributed by atoms with Crippen LogP contribution in [-0.4, -0.2) is 39.2 Å². The Morgan fingerprint density at radius 2 is 1.91 bits per heavy atom. The van der Waals surface area contributed by atoms with E-state index in [4.69, 9.17) is 5.21 Å². The molecule has 33 heavy (non-hydrogen) atoms. The van der Waals surface area contributed by atoms with Crippen LogP contribution in [0.15, 0.2) is 53.7 Å². The third-order valence-electron chi connectivity index (χ3n) is 5.44. The Morgan fingerprint density at radius 1 is 1.18 bits per heavy atom. The number of benzene rings is 2. The van der Waals surface area contributed by atoms with Crippen molar-refractivity contribution in [3.05, 3.63) is 65.6 Å². The highest BCUT2D eigenvalue weighted by molar-refractivity contribution is 6.42. The number of amides is 2. The van der Waals surface area contributed by atoms with Gasteiger partial charge >= 0.3 is 0 Å². The maximum absolute atomic E-state index is 13.4. The van der Waals surface area contributed by atoms with Gasteiger partial charge in [0.25, 0.3) is 11.8 Å². The van der Waals surface area contributed by atoms with Crippen LogP contribution < -0.4 is 10.2 Å². The highest BCUT2D eigenvalue weighted by atomic mass is 35.5. The summed E-state index contributed by atoms with van der Waals surface area (Å²) in [6.45, 7) is 4.35. The van der Waals surface area contributed by atoms with Crippen molar-refractivity contribution in [3.63, 3.8) is 0 Å². The van der Waals surface area contributed by atoms with Gasteiger partial charge in [-0.2, -0.15) is 0 Å². The van der Waals surface area contributed by atoms with Gasteiger partial charge in [0.15, 0.2) is 0 Å². The van der Waals surface area contributed by atoms with Gasteiger partial charge in [-0.05, 0) is 43.7 Å². The lowest BCUT2D eigenvalue weighted by Crippen LogP contribution is -2.32. The molecule has 2 amide bonds. The number of hydrogen-bond acceptors (Lipinski definition) is 5. The van der Waals surface area contributed by atoms with Crippen molar-refractivity contribution in [3.8, 4) is 11.3 Å². The Labute approximate surface area is 198 Å². The van der Waals surface area contributed by atoms with Crippen LogP contribution in [-0.2, 0) is 11.2 Å². The molecule has 1 aliphatic heterocycles. The summed E-state index contributed by atoms with van der Waals surface area (Å²) >= 11 is 0. The number of hydrogen-bond donors (Lipinski definition) is 3. The van der Waals surface area contributed by atoms with Crippen molar-refractivity contribution in [2.24, 2.45) is 5.16 Å². The summed E-state index contributed by atoms with van der Waals surface area (Å²) in [4.78, 5) is 35.3. The normalized spacial score (nSPS) is 12.8. The second kappa shape index (κ2) is 10.3. The quantitative estimate of drug-likeness (QED) is 0.290. The number of rotatable bonds is 5. The summed E-state index contributed by atoms with van der Waals surface area (Å²) in [6.07, 6.45) is 1.74. The molecule has 1 aromatic heterocycles. The Morgan fingerprint density at radius 3 is 2.61 bits per heavy atom. The van der Waals surface area contributed by atoms with E-state index in [1.807, 2.05) is 38.1 Å². The van der Waals surface area contributed by atoms with Crippen LogP contribution in [0.4, 0.5) is 11.4 Å². The van der Waals surface area contributed by atoms with E-state index in [2.05, 4.69) is 20.4 Å². The number of fused-ring (bicyclic) bond motifs is 3. The Kier molecular flexibility index (Phi) is 7.50. The average molecular weight is 468 g/mol. The number of aromatic nitrogens is 2. The largest absolute Gasteiger partial charge is 0.410 e. The molecule has 0 spiro atoms. The number of H-pyrrole nitrogens is 1. The van der Waals surface area contributed by atoms with Gasteiger partial charge in [-0.1, -0.05) is 36.7 Å². The van der Waals surface area contributed by atoms with Crippen molar-refractivity contribution in [2.45, 2.75) is 33.1 Å². The van der Waals surface area contributed by atoms with Crippen LogP contribution in [0.5, 0.6) is 0 Å². The standard InChI is InChI=1S/C24H25N5O3.ClH/c1-3-6-20(28-32)23(30)27-17-11-9-16(10-12-17)24(31)29-14-13-19-22(26-15(2)25-19)18-7-4-5-8-21(18)29;/h4-5,7-12,32H,3,6,13-14H2,1-2H3,(H,25,26)(H,27,30);1H. The summed E-state index contributed by atoms with van der Waals surface area (Å²) in [5.74, 6) is 0.273. The van der Waals surface area contributed by atoms with E-state index in [9.17, 15) is 9.59 Å². The number of anilines is 2. The van der Waals surface area contributed by atoms with Crippen molar-refractivity contribution in [1.82, 2.24) is 9.97 Å². The van der Waals surface area contributed by atoms with Crippen LogP contribution in [0.3, 0.4) is 0 Å². The van der Waals surface area contributed by atoms with E-state index < -0.39 is 5.91 Å². The zero-order valence-electron chi connectivity index (χ0n) is 18.5. The second-order valence-corrected chi connectivity index (χ2v) is 7.70. The lowest BCUT2D eigenvalue weighted by Gasteiger charge is -2.23. The molecule has 0 bridgehead atoms. The maximum Gasteiger partial charge on any atom is 0.273 e. The topological polar surface area (TPSA) is 111 Å². The van der Waals surface area contributed by atoms with Gasteiger partial charge in [-0.25, -0.2) is 4.98 Å². The number of carbonyl (C=O) groups is 2. The molecule has 0 saturated carbocycles. The molecule has 0 atom stereocenters. The number of halogens is 1. The number of imidazole rings is 1. The number of para-hydroxylation sites is 1. The van der Waals surface area contributed by atoms with E-state index in [-0.39, 0.29) is 24.0 Å². The van der Waals surface area contributed by atoms with E-state index in [0.29, 0.717) is 37.1 Å². The zero-order valence-corrected chi connectivity index (χ0v) is 19.3. The molecular formula is C24H26ClN5O3. The number of nitrogens with zero attached hydrogens (tertiary/aromatic N) is 3. The molecule has 0 radical (unpaired) electrons. The Balaban J connectivity index is 0.00000306. The molecule has 2 heterocycles. The van der Waals surface area contributed by atoms with Crippen molar-refractivity contribution < 1.29 is 14.8 Å². The highest BCUT2D eigenvalue weighted by Crippen LogP contribution is 2.35. The molecule has 0 aliphatic carbocycles. The predicted octanol–water partition coefficient (Wildman–Crippen LogP) is 4.58. The van der Waals surface area contributed by atoms with E-state index in [0.717, 1.165) is 28.5 Å². The summed E-state index contributed by atoms with van der Waals surface area (Å²) < 4.78 is 0. The molecule has 1 aliphatic rings. The maximum atomic E-state index is 13.4. The number of carbonyl (C=O) groups excluding carboxylic acids is 2. The average Bonchev–Trinajstić information content (AvgIpc) is 3.11. The third-order valence-corrected chi connectivity index (χ3v) is 5.44. The van der Waals surface area contributed by atoms with Gasteiger partial charge < -0.3 is 20.4 Å². The van der Waals surface area contributed by atoms with Crippen molar-refractivity contribution in [2.75, 3.05) is 16.8 Å². The van der Waals surface area contributed by atoms with Crippen LogP contribution in [0, 0.1) is 6.92 Å². The minimum absolute atomic E-state index is 0. The van der Waals surface area contributed by atoms with Gasteiger partial charge in [-0.3, -0.25) is 9.59 Å². The number of aryl methyl sites for hydroxylation is 1. The molecule has 172 valence electrons. The summed E-state index contributed by atoms with van der Waals surface area (Å²) in [5.41, 5.74) is 4.76. The third kappa shape index (κ3) is 4.90.